The maximum Gasteiger partial charge on any atom is 0.236 e. The van der Waals surface area contributed by atoms with E-state index in [0.29, 0.717) is 18.5 Å². The van der Waals surface area contributed by atoms with Gasteiger partial charge in [0.05, 0.1) is 18.8 Å². The van der Waals surface area contributed by atoms with E-state index in [0.717, 1.165) is 24.3 Å². The third kappa shape index (κ3) is 3.77. The minimum atomic E-state index is 0.165. The van der Waals surface area contributed by atoms with Gasteiger partial charge in [0, 0.05) is 26.3 Å². The zero-order chi connectivity index (χ0) is 14.0. The predicted octanol–water partition coefficient (Wildman–Crippen LogP) is 1.69. The van der Waals surface area contributed by atoms with Crippen LogP contribution in [0, 0.1) is 12.3 Å². The molecule has 0 bridgehead atoms. The molecule has 2 rings (SSSR count). The molecule has 1 aliphatic rings. The van der Waals surface area contributed by atoms with Crippen LogP contribution in [0.25, 0.3) is 0 Å². The molecule has 0 aromatic carbocycles. The summed E-state index contributed by atoms with van der Waals surface area (Å²) in [5.41, 5.74) is 2.45. The highest BCUT2D eigenvalue weighted by atomic mass is 16.2. The summed E-state index contributed by atoms with van der Waals surface area (Å²) in [5.74, 6) is 0.165. The summed E-state index contributed by atoms with van der Waals surface area (Å²) >= 11 is 0. The van der Waals surface area contributed by atoms with E-state index in [4.69, 9.17) is 0 Å². The van der Waals surface area contributed by atoms with E-state index in [1.54, 1.807) is 4.90 Å². The molecule has 19 heavy (non-hydrogen) atoms. The van der Waals surface area contributed by atoms with E-state index in [2.05, 4.69) is 23.7 Å². The summed E-state index contributed by atoms with van der Waals surface area (Å²) in [4.78, 5) is 20.4. The van der Waals surface area contributed by atoms with Gasteiger partial charge in [-0.3, -0.25) is 14.7 Å². The van der Waals surface area contributed by atoms with Crippen LogP contribution in [0.4, 0.5) is 0 Å². The van der Waals surface area contributed by atoms with Crippen molar-refractivity contribution in [2.24, 2.45) is 5.41 Å². The Morgan fingerprint density at radius 2 is 2.11 bits per heavy atom. The van der Waals surface area contributed by atoms with Crippen LogP contribution >= 0.6 is 0 Å². The molecule has 1 amide bonds. The van der Waals surface area contributed by atoms with Gasteiger partial charge in [-0.2, -0.15) is 0 Å². The van der Waals surface area contributed by atoms with Crippen LogP contribution in [0.1, 0.15) is 25.1 Å². The van der Waals surface area contributed by atoms with Gasteiger partial charge in [-0.05, 0) is 24.0 Å². The van der Waals surface area contributed by atoms with Crippen molar-refractivity contribution in [1.82, 2.24) is 14.8 Å². The number of pyridine rings is 1. The summed E-state index contributed by atoms with van der Waals surface area (Å²) in [6.07, 6.45) is 1.84. The average molecular weight is 261 g/mol. The molecule has 0 N–H and O–H groups in total. The van der Waals surface area contributed by atoms with E-state index < -0.39 is 0 Å². The third-order valence-electron chi connectivity index (χ3n) is 3.46. The minimum absolute atomic E-state index is 0.165. The number of hydrogen-bond acceptors (Lipinski definition) is 3. The van der Waals surface area contributed by atoms with Gasteiger partial charge in [-0.15, -0.1) is 0 Å². The molecule has 0 aliphatic carbocycles. The van der Waals surface area contributed by atoms with Gasteiger partial charge in [-0.25, -0.2) is 0 Å². The van der Waals surface area contributed by atoms with Gasteiger partial charge >= 0.3 is 0 Å². The highest BCUT2D eigenvalue weighted by Gasteiger charge is 2.35. The van der Waals surface area contributed by atoms with Gasteiger partial charge in [0.1, 0.15) is 0 Å². The third-order valence-corrected chi connectivity index (χ3v) is 3.46. The number of aromatic nitrogens is 1. The fraction of sp³-hybridized carbons (Fsp3) is 0.600. The largest absolute Gasteiger partial charge is 0.339 e. The van der Waals surface area contributed by atoms with Crippen molar-refractivity contribution < 1.29 is 4.79 Å². The van der Waals surface area contributed by atoms with Crippen molar-refractivity contribution in [2.75, 3.05) is 26.7 Å². The standard InChI is InChI=1S/C15H23N3O/c1-12-5-6-13(16-7-12)8-17(4)14(19)9-18-10-15(2,3)11-18/h5-7H,8-11H2,1-4H3. The normalized spacial score (nSPS) is 17.9. The van der Waals surface area contributed by atoms with E-state index in [1.165, 1.54) is 0 Å². The molecule has 0 spiro atoms. The van der Waals surface area contributed by atoms with Gasteiger partial charge < -0.3 is 4.90 Å². The number of rotatable bonds is 4. The molecule has 1 fully saturated rings. The van der Waals surface area contributed by atoms with Crippen molar-refractivity contribution >= 4 is 5.91 Å². The van der Waals surface area contributed by atoms with E-state index in [9.17, 15) is 4.79 Å². The first kappa shape index (κ1) is 14.0. The Morgan fingerprint density at radius 1 is 1.42 bits per heavy atom. The van der Waals surface area contributed by atoms with Crippen LogP contribution in [-0.4, -0.2) is 47.4 Å². The molecule has 1 aromatic heterocycles. The molecular formula is C15H23N3O. The van der Waals surface area contributed by atoms with E-state index in [-0.39, 0.29) is 5.91 Å². The van der Waals surface area contributed by atoms with Crippen molar-refractivity contribution in [3.8, 4) is 0 Å². The monoisotopic (exact) mass is 261 g/mol. The van der Waals surface area contributed by atoms with Crippen molar-refractivity contribution in [2.45, 2.75) is 27.3 Å². The van der Waals surface area contributed by atoms with Crippen LogP contribution < -0.4 is 0 Å². The van der Waals surface area contributed by atoms with E-state index >= 15 is 0 Å². The number of likely N-dealkylation sites (tertiary alicyclic amines) is 1. The van der Waals surface area contributed by atoms with Crippen molar-refractivity contribution in [1.29, 1.82) is 0 Å². The molecule has 1 aromatic rings. The van der Waals surface area contributed by atoms with E-state index in [1.807, 2.05) is 32.3 Å². The molecule has 1 saturated heterocycles. The van der Waals surface area contributed by atoms with Crippen molar-refractivity contribution in [3.05, 3.63) is 29.6 Å². The Labute approximate surface area is 115 Å². The Bertz CT molecular complexity index is 445. The molecule has 104 valence electrons. The van der Waals surface area contributed by atoms with Crippen LogP contribution in [0.2, 0.25) is 0 Å². The minimum Gasteiger partial charge on any atom is -0.339 e. The zero-order valence-electron chi connectivity index (χ0n) is 12.3. The highest BCUT2D eigenvalue weighted by molar-refractivity contribution is 5.78. The summed E-state index contributed by atoms with van der Waals surface area (Å²) in [5, 5.41) is 0. The Morgan fingerprint density at radius 3 is 2.63 bits per heavy atom. The molecule has 4 heteroatoms. The SMILES string of the molecule is Cc1ccc(CN(C)C(=O)CN2CC(C)(C)C2)nc1. The van der Waals surface area contributed by atoms with Crippen molar-refractivity contribution in [3.63, 3.8) is 0 Å². The molecule has 0 unspecified atom stereocenters. The molecule has 0 atom stereocenters. The second-order valence-corrected chi connectivity index (χ2v) is 6.39. The van der Waals surface area contributed by atoms with Crippen LogP contribution in [-0.2, 0) is 11.3 Å². The van der Waals surface area contributed by atoms with Gasteiger partial charge in [0.25, 0.3) is 0 Å². The van der Waals surface area contributed by atoms with Crippen LogP contribution in [0.15, 0.2) is 18.3 Å². The Balaban J connectivity index is 1.81. The summed E-state index contributed by atoms with van der Waals surface area (Å²) < 4.78 is 0. The Kier molecular flexibility index (Phi) is 3.90. The lowest BCUT2D eigenvalue weighted by atomic mass is 9.84. The maximum absolute atomic E-state index is 12.1. The second kappa shape index (κ2) is 5.29. The number of hydrogen-bond donors (Lipinski definition) is 0. The summed E-state index contributed by atoms with van der Waals surface area (Å²) in [7, 11) is 1.84. The molecular weight excluding hydrogens is 238 g/mol. The Hall–Kier alpha value is -1.42. The topological polar surface area (TPSA) is 36.4 Å². The van der Waals surface area contributed by atoms with Crippen LogP contribution in [0.3, 0.4) is 0 Å². The average Bonchev–Trinajstić information content (AvgIpc) is 2.29. The zero-order valence-corrected chi connectivity index (χ0v) is 12.3. The lowest BCUT2D eigenvalue weighted by Crippen LogP contribution is -2.55. The highest BCUT2D eigenvalue weighted by Crippen LogP contribution is 2.28. The number of aryl methyl sites for hydroxylation is 1. The number of carbonyl (C=O) groups is 1. The van der Waals surface area contributed by atoms with Gasteiger partial charge in [0.15, 0.2) is 0 Å². The number of likely N-dealkylation sites (N-methyl/N-ethyl adjacent to an activating group) is 1. The second-order valence-electron chi connectivity index (χ2n) is 6.39. The fourth-order valence-corrected chi connectivity index (χ4v) is 2.51. The molecule has 0 radical (unpaired) electrons. The fourth-order valence-electron chi connectivity index (χ4n) is 2.51. The predicted molar refractivity (Wildman–Crippen MR) is 75.7 cm³/mol. The lowest BCUT2D eigenvalue weighted by molar-refractivity contribution is -0.134. The lowest BCUT2D eigenvalue weighted by Gasteiger charge is -2.45. The number of nitrogens with zero attached hydrogens (tertiary/aromatic N) is 3. The van der Waals surface area contributed by atoms with Crippen LogP contribution in [0.5, 0.6) is 0 Å². The molecule has 2 heterocycles. The summed E-state index contributed by atoms with van der Waals surface area (Å²) in [6.45, 7) is 9.59. The summed E-state index contributed by atoms with van der Waals surface area (Å²) in [6, 6.07) is 4.00. The first-order valence-corrected chi connectivity index (χ1v) is 6.74. The smallest absolute Gasteiger partial charge is 0.236 e. The molecule has 1 aliphatic heterocycles. The molecule has 4 nitrogen and oxygen atoms in total. The number of amides is 1. The number of carbonyl (C=O) groups excluding carboxylic acids is 1. The first-order chi connectivity index (χ1) is 8.85. The quantitative estimate of drug-likeness (QED) is 0.827. The first-order valence-electron chi connectivity index (χ1n) is 6.74. The molecule has 0 saturated carbocycles. The maximum atomic E-state index is 12.1. The van der Waals surface area contributed by atoms with Gasteiger partial charge in [0.2, 0.25) is 5.91 Å². The van der Waals surface area contributed by atoms with Gasteiger partial charge in [-0.1, -0.05) is 19.9 Å².